The maximum Gasteiger partial charge on any atom is 0.257 e. The van der Waals surface area contributed by atoms with Crippen molar-refractivity contribution in [3.05, 3.63) is 71.8 Å². The average Bonchev–Trinajstić information content (AvgIpc) is 3.64. The quantitative estimate of drug-likeness (QED) is 0.361. The number of imidazole rings is 1. The number of nitrogen functional groups attached to an aromatic ring is 1. The Bertz CT molecular complexity index is 1440. The molecule has 37 heavy (non-hydrogen) atoms. The summed E-state index contributed by atoms with van der Waals surface area (Å²) in [7, 11) is 3.92. The number of benzene rings is 1. The second-order valence-electron chi connectivity index (χ2n) is 9.07. The molecular formula is C26H28N8O2S. The first-order valence-corrected chi connectivity index (χ1v) is 12.9. The number of nitrogens with one attached hydrogen (secondary N) is 1. The van der Waals surface area contributed by atoms with Gasteiger partial charge in [-0.3, -0.25) is 19.3 Å². The van der Waals surface area contributed by atoms with Crippen molar-refractivity contribution in [3.8, 4) is 11.3 Å². The van der Waals surface area contributed by atoms with Crippen molar-refractivity contribution >= 4 is 39.6 Å². The van der Waals surface area contributed by atoms with Crippen molar-refractivity contribution in [2.45, 2.75) is 18.9 Å². The number of nitrogens with two attached hydrogens (primary N) is 1. The fourth-order valence-electron chi connectivity index (χ4n) is 4.52. The first-order chi connectivity index (χ1) is 17.9. The molecular weight excluding hydrogens is 488 g/mol. The van der Waals surface area contributed by atoms with Crippen molar-refractivity contribution in [1.82, 2.24) is 29.2 Å². The summed E-state index contributed by atoms with van der Waals surface area (Å²) in [6.45, 7) is 1.37. The molecule has 11 heteroatoms. The summed E-state index contributed by atoms with van der Waals surface area (Å²) in [4.78, 5) is 42.8. The molecule has 4 heterocycles. The van der Waals surface area contributed by atoms with Gasteiger partial charge in [0.15, 0.2) is 5.13 Å². The highest BCUT2D eigenvalue weighted by Gasteiger charge is 2.33. The molecule has 1 fully saturated rings. The molecule has 0 bridgehead atoms. The summed E-state index contributed by atoms with van der Waals surface area (Å²) in [5, 5.41) is 5.14. The highest BCUT2D eigenvalue weighted by molar-refractivity contribution is 7.13. The van der Waals surface area contributed by atoms with Crippen LogP contribution in [0, 0.1) is 0 Å². The standard InChI is InChI=1S/C26H28N8O2S/c1-32(2)13-4-6-20(35)33-14-3-5-19(33)24-30-21(22-23(27)28-11-15-34(22)24)17-7-9-18(10-8-17)25(36)31-26-29-12-16-37-26/h4,6-12,15-16,19H,3,5,13-14H2,1-2H3,(H2,27,28)(H,29,31,36)/t19-/m0/s1. The lowest BCUT2D eigenvalue weighted by Crippen LogP contribution is -2.30. The van der Waals surface area contributed by atoms with E-state index in [9.17, 15) is 9.59 Å². The topological polar surface area (TPSA) is 122 Å². The lowest BCUT2D eigenvalue weighted by atomic mass is 10.1. The smallest absolute Gasteiger partial charge is 0.257 e. The van der Waals surface area contributed by atoms with Gasteiger partial charge in [0.05, 0.1) is 6.04 Å². The van der Waals surface area contributed by atoms with Gasteiger partial charge in [0.25, 0.3) is 5.91 Å². The number of likely N-dealkylation sites (N-methyl/N-ethyl adjacent to an activating group) is 1. The number of carbonyl (C=O) groups excluding carboxylic acids is 2. The number of aromatic nitrogens is 4. The zero-order valence-corrected chi connectivity index (χ0v) is 21.5. The Labute approximate surface area is 218 Å². The highest BCUT2D eigenvalue weighted by atomic mass is 32.1. The minimum Gasteiger partial charge on any atom is -0.382 e. The third kappa shape index (κ3) is 5.09. The molecule has 1 atom stereocenters. The molecule has 0 radical (unpaired) electrons. The van der Waals surface area contributed by atoms with Gasteiger partial charge in [-0.2, -0.15) is 0 Å². The molecule has 190 valence electrons. The Morgan fingerprint density at radius 3 is 2.76 bits per heavy atom. The molecule has 0 unspecified atom stereocenters. The zero-order chi connectivity index (χ0) is 25.9. The lowest BCUT2D eigenvalue weighted by Gasteiger charge is -2.22. The number of carbonyl (C=O) groups is 2. The average molecular weight is 517 g/mol. The Morgan fingerprint density at radius 1 is 1.22 bits per heavy atom. The molecule has 1 aliphatic heterocycles. The molecule has 0 spiro atoms. The van der Waals surface area contributed by atoms with E-state index in [-0.39, 0.29) is 17.9 Å². The highest BCUT2D eigenvalue weighted by Crippen LogP contribution is 2.36. The molecule has 0 aliphatic carbocycles. The van der Waals surface area contributed by atoms with E-state index in [1.54, 1.807) is 36.0 Å². The third-order valence-corrected chi connectivity index (χ3v) is 6.94. The van der Waals surface area contributed by atoms with Crippen LogP contribution in [0.4, 0.5) is 10.9 Å². The monoisotopic (exact) mass is 516 g/mol. The van der Waals surface area contributed by atoms with Gasteiger partial charge >= 0.3 is 0 Å². The van der Waals surface area contributed by atoms with E-state index < -0.39 is 0 Å². The van der Waals surface area contributed by atoms with E-state index in [0.29, 0.717) is 40.8 Å². The Kier molecular flexibility index (Phi) is 6.97. The molecule has 3 aromatic heterocycles. The SMILES string of the molecule is CN(C)CC=CC(=O)N1CCC[C@H]1c1nc(-c2ccc(C(=O)Nc3nccs3)cc2)c2c(N)nccn12. The van der Waals surface area contributed by atoms with Gasteiger partial charge in [-0.25, -0.2) is 15.0 Å². The molecule has 4 aromatic rings. The van der Waals surface area contributed by atoms with E-state index in [1.807, 2.05) is 52.7 Å². The van der Waals surface area contributed by atoms with E-state index >= 15 is 0 Å². The summed E-state index contributed by atoms with van der Waals surface area (Å²) in [6, 6.07) is 7.00. The predicted octanol–water partition coefficient (Wildman–Crippen LogP) is 3.47. The van der Waals surface area contributed by atoms with Gasteiger partial charge in [-0.15, -0.1) is 11.3 Å². The second-order valence-corrected chi connectivity index (χ2v) is 9.97. The summed E-state index contributed by atoms with van der Waals surface area (Å²) < 4.78 is 1.93. The van der Waals surface area contributed by atoms with Crippen LogP contribution in [0.2, 0.25) is 0 Å². The predicted molar refractivity (Wildman–Crippen MR) is 144 cm³/mol. The van der Waals surface area contributed by atoms with Crippen LogP contribution in [0.15, 0.2) is 60.4 Å². The maximum absolute atomic E-state index is 13.0. The molecule has 2 amide bonds. The third-order valence-electron chi connectivity index (χ3n) is 6.25. The second kappa shape index (κ2) is 10.5. The number of fused-ring (bicyclic) bond motifs is 1. The van der Waals surface area contributed by atoms with E-state index in [2.05, 4.69) is 15.3 Å². The normalized spacial score (nSPS) is 15.8. The molecule has 1 saturated heterocycles. The van der Waals surface area contributed by atoms with Crippen LogP contribution in [0.5, 0.6) is 0 Å². The van der Waals surface area contributed by atoms with E-state index in [1.165, 1.54) is 11.3 Å². The van der Waals surface area contributed by atoms with Crippen LogP contribution in [0.25, 0.3) is 16.8 Å². The van der Waals surface area contributed by atoms with Crippen molar-refractivity contribution < 1.29 is 9.59 Å². The zero-order valence-electron chi connectivity index (χ0n) is 20.7. The van der Waals surface area contributed by atoms with Gasteiger partial charge in [0.1, 0.15) is 22.9 Å². The first-order valence-electron chi connectivity index (χ1n) is 12.0. The number of anilines is 2. The number of hydrogen-bond donors (Lipinski definition) is 2. The minimum atomic E-state index is -0.236. The van der Waals surface area contributed by atoms with Gasteiger partial charge in [-0.05, 0) is 39.1 Å². The molecule has 5 rings (SSSR count). The largest absolute Gasteiger partial charge is 0.382 e. The Morgan fingerprint density at radius 2 is 2.03 bits per heavy atom. The van der Waals surface area contributed by atoms with Crippen LogP contribution in [0.3, 0.4) is 0 Å². The lowest BCUT2D eigenvalue weighted by molar-refractivity contribution is -0.127. The number of nitrogens with zero attached hydrogens (tertiary/aromatic N) is 6. The Hall–Kier alpha value is -4.09. The van der Waals surface area contributed by atoms with Gasteiger partial charge in [0.2, 0.25) is 5.91 Å². The maximum atomic E-state index is 13.0. The molecule has 1 aliphatic rings. The van der Waals surface area contributed by atoms with Crippen molar-refractivity contribution in [1.29, 1.82) is 0 Å². The van der Waals surface area contributed by atoms with Crippen molar-refractivity contribution in [3.63, 3.8) is 0 Å². The minimum absolute atomic E-state index is 0.0275. The number of hydrogen-bond acceptors (Lipinski definition) is 8. The summed E-state index contributed by atoms with van der Waals surface area (Å²) in [5.41, 5.74) is 8.96. The molecule has 0 saturated carbocycles. The number of likely N-dealkylation sites (tertiary alicyclic amines) is 1. The summed E-state index contributed by atoms with van der Waals surface area (Å²) in [5.74, 6) is 0.834. The Balaban J connectivity index is 1.46. The number of thiazole rings is 1. The van der Waals surface area contributed by atoms with Crippen LogP contribution < -0.4 is 11.1 Å². The van der Waals surface area contributed by atoms with Crippen molar-refractivity contribution in [2.24, 2.45) is 0 Å². The molecule has 10 nitrogen and oxygen atoms in total. The fourth-order valence-corrected chi connectivity index (χ4v) is 5.04. The summed E-state index contributed by atoms with van der Waals surface area (Å²) in [6.07, 6.45) is 10.3. The van der Waals surface area contributed by atoms with Gasteiger partial charge in [-0.1, -0.05) is 18.2 Å². The van der Waals surface area contributed by atoms with Gasteiger partial charge in [0, 0.05) is 54.3 Å². The summed E-state index contributed by atoms with van der Waals surface area (Å²) >= 11 is 1.36. The fraction of sp³-hybridized carbons (Fsp3) is 0.269. The van der Waals surface area contributed by atoms with E-state index in [4.69, 9.17) is 10.7 Å². The van der Waals surface area contributed by atoms with E-state index in [0.717, 1.165) is 24.2 Å². The number of rotatable bonds is 7. The molecule has 3 N–H and O–H groups in total. The van der Waals surface area contributed by atoms with Crippen LogP contribution in [0.1, 0.15) is 35.1 Å². The van der Waals surface area contributed by atoms with Crippen molar-refractivity contribution in [2.75, 3.05) is 38.2 Å². The first kappa shape index (κ1) is 24.6. The van der Waals surface area contributed by atoms with Gasteiger partial charge < -0.3 is 15.5 Å². The molecule has 1 aromatic carbocycles. The van der Waals surface area contributed by atoms with Crippen LogP contribution in [-0.4, -0.2) is 68.2 Å². The van der Waals surface area contributed by atoms with Crippen LogP contribution in [-0.2, 0) is 4.79 Å². The number of amides is 2. The van der Waals surface area contributed by atoms with Crippen LogP contribution >= 0.6 is 11.3 Å².